The molecule has 106 valence electrons. The molecule has 0 aliphatic rings. The molecule has 0 amide bonds. The average Bonchev–Trinajstić information content (AvgIpc) is 2.35. The molecule has 0 rings (SSSR count). The van der Waals surface area contributed by atoms with Crippen LogP contribution in [0, 0.1) is 0 Å². The third kappa shape index (κ3) is 18.8. The van der Waals surface area contributed by atoms with E-state index in [1.807, 2.05) is 0 Å². The van der Waals surface area contributed by atoms with Crippen LogP contribution in [-0.2, 0) is 0 Å². The van der Waals surface area contributed by atoms with Gasteiger partial charge in [0.25, 0.3) is 0 Å². The molecule has 0 unspecified atom stereocenters. The fraction of sp³-hybridized carbons (Fsp3) is 1.00. The molecule has 3 nitrogen and oxygen atoms in total. The smallest absolute Gasteiger partial charge is 1.00 e. The van der Waals surface area contributed by atoms with E-state index in [0.717, 1.165) is 13.1 Å². The molecule has 0 heterocycles. The second-order valence-electron chi connectivity index (χ2n) is 4.86. The Hall–Kier alpha value is 0.477. The zero-order valence-corrected chi connectivity index (χ0v) is 12.6. The molecule has 5 N–H and O–H groups in total. The van der Waals surface area contributed by atoms with Crippen LogP contribution in [0.15, 0.2) is 0 Å². The fourth-order valence-electron chi connectivity index (χ4n) is 1.97. The minimum Gasteiger partial charge on any atom is -1.00 e. The summed E-state index contributed by atoms with van der Waals surface area (Å²) in [7, 11) is 0. The van der Waals surface area contributed by atoms with Crippen molar-refractivity contribution in [2.24, 2.45) is 11.5 Å². The molecule has 0 atom stereocenters. The van der Waals surface area contributed by atoms with E-state index in [-0.39, 0.29) is 20.3 Å². The van der Waals surface area contributed by atoms with E-state index in [1.165, 1.54) is 77.3 Å². The summed E-state index contributed by atoms with van der Waals surface area (Å²) in [5, 5.41) is 3.52. The topological polar surface area (TPSA) is 64.1 Å². The second-order valence-corrected chi connectivity index (χ2v) is 4.86. The molecule has 4 heteroatoms. The van der Waals surface area contributed by atoms with Crippen LogP contribution in [-0.4, -0.2) is 26.2 Å². The van der Waals surface area contributed by atoms with E-state index in [2.05, 4.69) is 5.32 Å². The van der Waals surface area contributed by atoms with E-state index < -0.39 is 0 Å². The molecular formula is C14H34LiN3. The van der Waals surface area contributed by atoms with Crippen molar-refractivity contribution in [2.75, 3.05) is 26.2 Å². The zero-order valence-electron chi connectivity index (χ0n) is 13.6. The molecule has 0 saturated heterocycles. The van der Waals surface area contributed by atoms with Crippen LogP contribution in [0.4, 0.5) is 0 Å². The van der Waals surface area contributed by atoms with Crippen LogP contribution in [0.5, 0.6) is 0 Å². The maximum absolute atomic E-state index is 5.45. The molecule has 0 aromatic carbocycles. The van der Waals surface area contributed by atoms with Crippen molar-refractivity contribution in [3.8, 4) is 0 Å². The molecule has 0 spiro atoms. The predicted octanol–water partition coefficient (Wildman–Crippen LogP) is -0.489. The largest absolute Gasteiger partial charge is 1.00 e. The number of nitrogens with two attached hydrogens (primary N) is 2. The number of rotatable bonds is 14. The van der Waals surface area contributed by atoms with Gasteiger partial charge in [-0.15, -0.1) is 0 Å². The first-order valence-electron chi connectivity index (χ1n) is 7.52. The van der Waals surface area contributed by atoms with Crippen molar-refractivity contribution in [3.05, 3.63) is 0 Å². The fourth-order valence-corrected chi connectivity index (χ4v) is 1.97. The summed E-state index contributed by atoms with van der Waals surface area (Å²) in [4.78, 5) is 0. The Morgan fingerprint density at radius 1 is 0.556 bits per heavy atom. The summed E-state index contributed by atoms with van der Waals surface area (Å²) in [5.74, 6) is 0. The third-order valence-corrected chi connectivity index (χ3v) is 3.12. The monoisotopic (exact) mass is 251 g/mol. The molecule has 0 fully saturated rings. The maximum atomic E-state index is 5.45. The average molecular weight is 251 g/mol. The van der Waals surface area contributed by atoms with Gasteiger partial charge < -0.3 is 18.2 Å². The molecule has 0 aromatic heterocycles. The van der Waals surface area contributed by atoms with Gasteiger partial charge in [0.2, 0.25) is 0 Å². The molecule has 0 bridgehead atoms. The molecule has 0 saturated carbocycles. The van der Waals surface area contributed by atoms with Gasteiger partial charge in [-0.3, -0.25) is 0 Å². The Bertz CT molecular complexity index is 126. The number of nitrogens with one attached hydrogen (secondary N) is 1. The first-order chi connectivity index (χ1) is 8.41. The van der Waals surface area contributed by atoms with Gasteiger partial charge in [0, 0.05) is 0 Å². The first kappa shape index (κ1) is 20.8. The van der Waals surface area contributed by atoms with Crippen LogP contribution < -0.4 is 35.6 Å². The van der Waals surface area contributed by atoms with Gasteiger partial charge in [0.05, 0.1) is 0 Å². The Morgan fingerprint density at radius 3 is 1.28 bits per heavy atom. The van der Waals surface area contributed by atoms with E-state index in [9.17, 15) is 0 Å². The quantitative estimate of drug-likeness (QED) is 0.288. The van der Waals surface area contributed by atoms with Gasteiger partial charge in [-0.1, -0.05) is 38.5 Å². The van der Waals surface area contributed by atoms with E-state index in [1.54, 1.807) is 0 Å². The molecule has 0 aliphatic heterocycles. The summed E-state index contributed by atoms with van der Waals surface area (Å²) in [6, 6.07) is 0. The normalized spacial score (nSPS) is 10.3. The van der Waals surface area contributed by atoms with Crippen molar-refractivity contribution in [2.45, 2.75) is 64.2 Å². The van der Waals surface area contributed by atoms with Crippen LogP contribution in [0.2, 0.25) is 0 Å². The Labute approximate surface area is 127 Å². The summed E-state index contributed by atoms with van der Waals surface area (Å²) >= 11 is 0. The predicted molar refractivity (Wildman–Crippen MR) is 78.3 cm³/mol. The van der Waals surface area contributed by atoms with Crippen molar-refractivity contribution < 1.29 is 20.3 Å². The molecule has 0 aliphatic carbocycles. The minimum atomic E-state index is 0. The van der Waals surface area contributed by atoms with Crippen molar-refractivity contribution >= 4 is 0 Å². The standard InChI is InChI=1S/C14H33N3.Li.H/c15-11-7-3-1-5-9-13-17-14-10-6-2-4-8-12-16;;/h17H,1-16H2;;/q;+1;-1. The molecule has 0 aromatic rings. The van der Waals surface area contributed by atoms with E-state index >= 15 is 0 Å². The summed E-state index contributed by atoms with van der Waals surface area (Å²) in [5.41, 5.74) is 10.9. The van der Waals surface area contributed by atoms with Gasteiger partial charge in [0.1, 0.15) is 0 Å². The SMILES string of the molecule is NCCCCCCCNCCCCCCCN.[H-].[Li+]. The summed E-state index contributed by atoms with van der Waals surface area (Å²) in [6.07, 6.45) is 13.0. The van der Waals surface area contributed by atoms with Gasteiger partial charge in [-0.05, 0) is 51.9 Å². The van der Waals surface area contributed by atoms with E-state index in [4.69, 9.17) is 11.5 Å². The zero-order chi connectivity index (χ0) is 12.6. The maximum Gasteiger partial charge on any atom is 1.00 e. The molecule has 18 heavy (non-hydrogen) atoms. The molecule has 0 radical (unpaired) electrons. The van der Waals surface area contributed by atoms with Crippen LogP contribution >= 0.6 is 0 Å². The third-order valence-electron chi connectivity index (χ3n) is 3.12. The van der Waals surface area contributed by atoms with Gasteiger partial charge in [-0.25, -0.2) is 0 Å². The van der Waals surface area contributed by atoms with Crippen LogP contribution in [0.3, 0.4) is 0 Å². The number of hydrogen-bond acceptors (Lipinski definition) is 3. The van der Waals surface area contributed by atoms with Crippen LogP contribution in [0.25, 0.3) is 0 Å². The second kappa shape index (κ2) is 19.8. The Balaban J connectivity index is -0.00000128. The van der Waals surface area contributed by atoms with Crippen molar-refractivity contribution in [3.63, 3.8) is 0 Å². The van der Waals surface area contributed by atoms with Gasteiger partial charge in [-0.2, -0.15) is 0 Å². The Kier molecular flexibility index (Phi) is 22.9. The number of unbranched alkanes of at least 4 members (excludes halogenated alkanes) is 8. The van der Waals surface area contributed by atoms with Crippen molar-refractivity contribution in [1.29, 1.82) is 0 Å². The summed E-state index contributed by atoms with van der Waals surface area (Å²) < 4.78 is 0. The van der Waals surface area contributed by atoms with Gasteiger partial charge >= 0.3 is 18.9 Å². The summed E-state index contributed by atoms with van der Waals surface area (Å²) in [6.45, 7) is 4.07. The Morgan fingerprint density at radius 2 is 0.889 bits per heavy atom. The number of hydrogen-bond donors (Lipinski definition) is 3. The minimum absolute atomic E-state index is 0. The van der Waals surface area contributed by atoms with Crippen molar-refractivity contribution in [1.82, 2.24) is 5.32 Å². The van der Waals surface area contributed by atoms with E-state index in [0.29, 0.717) is 0 Å². The van der Waals surface area contributed by atoms with Crippen LogP contribution in [0.1, 0.15) is 65.6 Å². The molecular weight excluding hydrogens is 217 g/mol. The first-order valence-corrected chi connectivity index (χ1v) is 7.52. The van der Waals surface area contributed by atoms with Gasteiger partial charge in [0.15, 0.2) is 0 Å².